The molecule has 31 heavy (non-hydrogen) atoms. The first-order valence-corrected chi connectivity index (χ1v) is 11.3. The molecule has 1 aliphatic rings. The number of nitrogens with one attached hydrogen (secondary N) is 1. The highest BCUT2D eigenvalue weighted by atomic mass is 35.5. The summed E-state index contributed by atoms with van der Waals surface area (Å²) in [6, 6.07) is 13.2. The number of aromatic nitrogens is 1. The molecule has 0 bridgehead atoms. The molecule has 1 aromatic heterocycles. The highest BCUT2D eigenvalue weighted by Crippen LogP contribution is 2.31. The molecule has 4 rings (SSSR count). The topological polar surface area (TPSA) is 65.5 Å². The van der Waals surface area contributed by atoms with Gasteiger partial charge in [0.1, 0.15) is 0 Å². The first-order valence-electron chi connectivity index (χ1n) is 10.1. The second-order valence-corrected chi connectivity index (χ2v) is 8.68. The molecule has 1 aliphatic heterocycles. The molecule has 6 nitrogen and oxygen atoms in total. The smallest absolute Gasteiger partial charge is 0.257 e. The summed E-state index contributed by atoms with van der Waals surface area (Å²) in [5, 5.41) is 5.95. The first-order chi connectivity index (χ1) is 14.9. The van der Waals surface area contributed by atoms with Crippen LogP contribution in [0.2, 0.25) is 5.02 Å². The summed E-state index contributed by atoms with van der Waals surface area (Å²) in [6.45, 7) is 6.43. The van der Waals surface area contributed by atoms with E-state index in [0.29, 0.717) is 28.8 Å². The third-order valence-corrected chi connectivity index (χ3v) is 6.58. The lowest BCUT2D eigenvalue weighted by Gasteiger charge is -2.36. The monoisotopic (exact) mass is 454 g/mol. The zero-order chi connectivity index (χ0) is 22.0. The molecule has 0 unspecified atom stereocenters. The second kappa shape index (κ2) is 9.08. The standard InChI is InChI=1S/C23H23ClN4O2S/c1-15-17(7-5-9-21(15)28-12-10-27(11-13-28)16(2)29)22(30)26-23-25-20(14-31-23)18-6-3-4-8-19(18)24/h3-9,14H,10-13H2,1-2H3,(H,25,26,30). The van der Waals surface area contributed by atoms with Crippen LogP contribution in [0.5, 0.6) is 0 Å². The molecule has 0 radical (unpaired) electrons. The number of amides is 2. The molecule has 160 valence electrons. The molecule has 2 heterocycles. The molecule has 8 heteroatoms. The van der Waals surface area contributed by atoms with Gasteiger partial charge in [0.25, 0.3) is 5.91 Å². The van der Waals surface area contributed by atoms with E-state index in [1.807, 2.05) is 59.7 Å². The third-order valence-electron chi connectivity index (χ3n) is 5.49. The Morgan fingerprint density at radius 2 is 1.81 bits per heavy atom. The number of halogens is 1. The molecular weight excluding hydrogens is 432 g/mol. The summed E-state index contributed by atoms with van der Waals surface area (Å²) in [5.41, 5.74) is 4.12. The van der Waals surface area contributed by atoms with Crippen molar-refractivity contribution in [2.75, 3.05) is 36.4 Å². The van der Waals surface area contributed by atoms with Gasteiger partial charge in [-0.1, -0.05) is 35.9 Å². The van der Waals surface area contributed by atoms with Crippen molar-refractivity contribution in [1.29, 1.82) is 0 Å². The number of rotatable bonds is 4. The highest BCUT2D eigenvalue weighted by Gasteiger charge is 2.22. The van der Waals surface area contributed by atoms with Crippen molar-refractivity contribution in [3.8, 4) is 11.3 Å². The van der Waals surface area contributed by atoms with E-state index in [2.05, 4.69) is 15.2 Å². The van der Waals surface area contributed by atoms with Crippen LogP contribution in [0.4, 0.5) is 10.8 Å². The SMILES string of the molecule is CC(=O)N1CCN(c2cccc(C(=O)Nc3nc(-c4ccccc4Cl)cs3)c2C)CC1. The van der Waals surface area contributed by atoms with Crippen molar-refractivity contribution >= 4 is 45.6 Å². The summed E-state index contributed by atoms with van der Waals surface area (Å²) in [4.78, 5) is 33.2. The van der Waals surface area contributed by atoms with E-state index in [9.17, 15) is 9.59 Å². The average Bonchev–Trinajstić information content (AvgIpc) is 3.22. The van der Waals surface area contributed by atoms with Crippen molar-refractivity contribution in [1.82, 2.24) is 9.88 Å². The maximum atomic E-state index is 13.0. The number of piperazine rings is 1. The molecule has 0 spiro atoms. The number of anilines is 2. The maximum Gasteiger partial charge on any atom is 0.257 e. The van der Waals surface area contributed by atoms with Crippen molar-refractivity contribution < 1.29 is 9.59 Å². The minimum Gasteiger partial charge on any atom is -0.368 e. The maximum absolute atomic E-state index is 13.0. The Morgan fingerprint density at radius 3 is 2.52 bits per heavy atom. The van der Waals surface area contributed by atoms with E-state index in [4.69, 9.17) is 11.6 Å². The van der Waals surface area contributed by atoms with Crippen molar-refractivity contribution in [3.63, 3.8) is 0 Å². The van der Waals surface area contributed by atoms with Gasteiger partial charge in [0.05, 0.1) is 5.69 Å². The van der Waals surface area contributed by atoms with Gasteiger partial charge in [0.15, 0.2) is 5.13 Å². The van der Waals surface area contributed by atoms with Crippen LogP contribution in [0, 0.1) is 6.92 Å². The fourth-order valence-electron chi connectivity index (χ4n) is 3.76. The fourth-order valence-corrected chi connectivity index (χ4v) is 4.70. The first kappa shape index (κ1) is 21.3. The van der Waals surface area contributed by atoms with Crippen LogP contribution in [-0.2, 0) is 4.79 Å². The summed E-state index contributed by atoms with van der Waals surface area (Å²) >= 11 is 7.63. The van der Waals surface area contributed by atoms with E-state index < -0.39 is 0 Å². The van der Waals surface area contributed by atoms with Crippen LogP contribution in [0.25, 0.3) is 11.3 Å². The van der Waals surface area contributed by atoms with Crippen LogP contribution >= 0.6 is 22.9 Å². The van der Waals surface area contributed by atoms with Gasteiger partial charge < -0.3 is 9.80 Å². The predicted octanol–water partition coefficient (Wildman–Crippen LogP) is 4.69. The Hall–Kier alpha value is -2.90. The number of nitrogens with zero attached hydrogens (tertiary/aromatic N) is 3. The number of benzene rings is 2. The van der Waals surface area contributed by atoms with E-state index >= 15 is 0 Å². The molecule has 2 aromatic carbocycles. The zero-order valence-corrected chi connectivity index (χ0v) is 19.0. The van der Waals surface area contributed by atoms with Crippen LogP contribution in [0.1, 0.15) is 22.8 Å². The summed E-state index contributed by atoms with van der Waals surface area (Å²) < 4.78 is 0. The largest absolute Gasteiger partial charge is 0.368 e. The number of hydrogen-bond acceptors (Lipinski definition) is 5. The second-order valence-electron chi connectivity index (χ2n) is 7.41. The Bertz CT molecular complexity index is 1120. The predicted molar refractivity (Wildman–Crippen MR) is 126 cm³/mol. The Labute approximate surface area is 190 Å². The molecule has 0 saturated carbocycles. The normalized spacial score (nSPS) is 13.9. The highest BCUT2D eigenvalue weighted by molar-refractivity contribution is 7.14. The zero-order valence-electron chi connectivity index (χ0n) is 17.4. The van der Waals surface area contributed by atoms with Gasteiger partial charge in [-0.05, 0) is 30.7 Å². The summed E-state index contributed by atoms with van der Waals surface area (Å²) in [7, 11) is 0. The van der Waals surface area contributed by atoms with Gasteiger partial charge in [0.2, 0.25) is 5.91 Å². The van der Waals surface area contributed by atoms with Crippen LogP contribution in [0.3, 0.4) is 0 Å². The Morgan fingerprint density at radius 1 is 1.06 bits per heavy atom. The number of carbonyl (C=O) groups is 2. The van der Waals surface area contributed by atoms with Crippen LogP contribution in [0.15, 0.2) is 47.8 Å². The third kappa shape index (κ3) is 4.57. The number of hydrogen-bond donors (Lipinski definition) is 1. The van der Waals surface area contributed by atoms with Crippen LogP contribution in [-0.4, -0.2) is 47.9 Å². The van der Waals surface area contributed by atoms with Gasteiger partial charge >= 0.3 is 0 Å². The van der Waals surface area contributed by atoms with Gasteiger partial charge in [-0.2, -0.15) is 0 Å². The molecular formula is C23H23ClN4O2S. The molecule has 3 aromatic rings. The number of carbonyl (C=O) groups excluding carboxylic acids is 2. The summed E-state index contributed by atoms with van der Waals surface area (Å²) in [6.07, 6.45) is 0. The molecule has 2 amide bonds. The van der Waals surface area contributed by atoms with Gasteiger partial charge in [-0.15, -0.1) is 11.3 Å². The van der Waals surface area contributed by atoms with E-state index in [1.165, 1.54) is 11.3 Å². The minimum atomic E-state index is -0.193. The van der Waals surface area contributed by atoms with Gasteiger partial charge in [-0.25, -0.2) is 4.98 Å². The van der Waals surface area contributed by atoms with Crippen molar-refractivity contribution in [3.05, 3.63) is 64.0 Å². The van der Waals surface area contributed by atoms with E-state index in [0.717, 1.165) is 35.6 Å². The molecule has 1 fully saturated rings. The quantitative estimate of drug-likeness (QED) is 0.621. The van der Waals surface area contributed by atoms with Crippen molar-refractivity contribution in [2.45, 2.75) is 13.8 Å². The number of thiazole rings is 1. The molecule has 0 aliphatic carbocycles. The molecule has 1 saturated heterocycles. The lowest BCUT2D eigenvalue weighted by atomic mass is 10.0. The fraction of sp³-hybridized carbons (Fsp3) is 0.261. The van der Waals surface area contributed by atoms with E-state index in [-0.39, 0.29) is 11.8 Å². The minimum absolute atomic E-state index is 0.101. The molecule has 1 N–H and O–H groups in total. The Kier molecular flexibility index (Phi) is 6.25. The van der Waals surface area contributed by atoms with Crippen LogP contribution < -0.4 is 10.2 Å². The Balaban J connectivity index is 1.49. The summed E-state index contributed by atoms with van der Waals surface area (Å²) in [5.74, 6) is -0.0918. The molecule has 0 atom stereocenters. The van der Waals surface area contributed by atoms with E-state index in [1.54, 1.807) is 6.92 Å². The lowest BCUT2D eigenvalue weighted by Crippen LogP contribution is -2.48. The lowest BCUT2D eigenvalue weighted by molar-refractivity contribution is -0.129. The van der Waals surface area contributed by atoms with Gasteiger partial charge in [-0.3, -0.25) is 14.9 Å². The average molecular weight is 455 g/mol. The van der Waals surface area contributed by atoms with Gasteiger partial charge in [0, 0.05) is 60.3 Å². The van der Waals surface area contributed by atoms with Crippen molar-refractivity contribution in [2.24, 2.45) is 0 Å².